The molecule has 156 valence electrons. The Balaban J connectivity index is 1.87. The number of sulfonamides is 1. The predicted molar refractivity (Wildman–Crippen MR) is 115 cm³/mol. The molecule has 5 nitrogen and oxygen atoms in total. The molecule has 1 atom stereocenters. The van der Waals surface area contributed by atoms with Crippen LogP contribution in [-0.2, 0) is 27.8 Å². The summed E-state index contributed by atoms with van der Waals surface area (Å²) in [4.78, 5) is 14.6. The minimum absolute atomic E-state index is 0.0377. The molecule has 0 spiro atoms. The van der Waals surface area contributed by atoms with E-state index in [0.29, 0.717) is 18.0 Å². The van der Waals surface area contributed by atoms with Crippen molar-refractivity contribution in [3.63, 3.8) is 0 Å². The van der Waals surface area contributed by atoms with E-state index in [2.05, 4.69) is 0 Å². The molecule has 0 bridgehead atoms. The highest BCUT2D eigenvalue weighted by Crippen LogP contribution is 2.28. The van der Waals surface area contributed by atoms with Crippen molar-refractivity contribution < 1.29 is 13.2 Å². The summed E-state index contributed by atoms with van der Waals surface area (Å²) >= 11 is 0. The van der Waals surface area contributed by atoms with Crippen molar-refractivity contribution in [2.75, 3.05) is 13.6 Å². The van der Waals surface area contributed by atoms with E-state index in [0.717, 1.165) is 29.5 Å². The normalized spacial score (nSPS) is 15.9. The fraction of sp³-hybridized carbons (Fsp3) is 0.435. The van der Waals surface area contributed by atoms with Gasteiger partial charge in [-0.05, 0) is 48.6 Å². The SMILES string of the molecule is CC(C)C(=O)N1CCCc2cc(S(=O)(=O)N(C)[C@@H](C)c3ccccc3)ccc2C1. The van der Waals surface area contributed by atoms with Gasteiger partial charge in [0, 0.05) is 32.1 Å². The van der Waals surface area contributed by atoms with E-state index in [9.17, 15) is 13.2 Å². The van der Waals surface area contributed by atoms with Gasteiger partial charge in [-0.1, -0.05) is 50.2 Å². The molecule has 0 aromatic heterocycles. The first-order chi connectivity index (χ1) is 13.7. The molecule has 0 aliphatic carbocycles. The quantitative estimate of drug-likeness (QED) is 0.743. The third-order valence-electron chi connectivity index (χ3n) is 5.72. The van der Waals surface area contributed by atoms with E-state index in [1.54, 1.807) is 19.2 Å². The number of hydrogen-bond acceptors (Lipinski definition) is 3. The minimum atomic E-state index is -3.62. The largest absolute Gasteiger partial charge is 0.338 e. The first-order valence-corrected chi connectivity index (χ1v) is 11.6. The van der Waals surface area contributed by atoms with Gasteiger partial charge in [0.25, 0.3) is 0 Å². The molecule has 2 aromatic carbocycles. The maximum absolute atomic E-state index is 13.2. The topological polar surface area (TPSA) is 57.7 Å². The molecule has 3 rings (SSSR count). The van der Waals surface area contributed by atoms with Crippen molar-refractivity contribution >= 4 is 15.9 Å². The number of rotatable bonds is 5. The van der Waals surface area contributed by atoms with Gasteiger partial charge in [-0.3, -0.25) is 4.79 Å². The van der Waals surface area contributed by atoms with Crippen molar-refractivity contribution in [3.8, 4) is 0 Å². The first-order valence-electron chi connectivity index (χ1n) is 10.2. The second-order valence-electron chi connectivity index (χ2n) is 8.06. The zero-order valence-corrected chi connectivity index (χ0v) is 18.4. The van der Waals surface area contributed by atoms with Crippen LogP contribution < -0.4 is 0 Å². The Bertz CT molecular complexity index is 971. The zero-order chi connectivity index (χ0) is 21.2. The van der Waals surface area contributed by atoms with Gasteiger partial charge in [-0.15, -0.1) is 0 Å². The lowest BCUT2D eigenvalue weighted by Gasteiger charge is -2.25. The van der Waals surface area contributed by atoms with Gasteiger partial charge in [0.05, 0.1) is 4.90 Å². The summed E-state index contributed by atoms with van der Waals surface area (Å²) in [5.74, 6) is 0.107. The Morgan fingerprint density at radius 3 is 2.38 bits per heavy atom. The number of fused-ring (bicyclic) bond motifs is 1. The summed E-state index contributed by atoms with van der Waals surface area (Å²) in [7, 11) is -2.00. The van der Waals surface area contributed by atoms with E-state index in [1.165, 1.54) is 4.31 Å². The Kier molecular flexibility index (Phi) is 6.44. The second kappa shape index (κ2) is 8.67. The summed E-state index contributed by atoms with van der Waals surface area (Å²) < 4.78 is 27.9. The first kappa shape index (κ1) is 21.5. The molecule has 0 radical (unpaired) electrons. The number of hydrogen-bond donors (Lipinski definition) is 0. The molecule has 1 amide bonds. The van der Waals surface area contributed by atoms with Crippen LogP contribution in [0.3, 0.4) is 0 Å². The van der Waals surface area contributed by atoms with Gasteiger partial charge in [-0.25, -0.2) is 8.42 Å². The summed E-state index contributed by atoms with van der Waals surface area (Å²) in [5, 5.41) is 0. The summed E-state index contributed by atoms with van der Waals surface area (Å²) in [5.41, 5.74) is 3.01. The Labute approximate surface area is 174 Å². The number of carbonyl (C=O) groups excluding carboxylic acids is 1. The monoisotopic (exact) mass is 414 g/mol. The zero-order valence-electron chi connectivity index (χ0n) is 17.6. The van der Waals surface area contributed by atoms with E-state index in [1.807, 2.05) is 62.1 Å². The fourth-order valence-corrected chi connectivity index (χ4v) is 5.17. The van der Waals surface area contributed by atoms with E-state index >= 15 is 0 Å². The highest BCUT2D eigenvalue weighted by Gasteiger charge is 2.28. The van der Waals surface area contributed by atoms with E-state index in [4.69, 9.17) is 0 Å². The third kappa shape index (κ3) is 4.54. The van der Waals surface area contributed by atoms with E-state index in [-0.39, 0.29) is 17.9 Å². The third-order valence-corrected chi connectivity index (χ3v) is 7.65. The van der Waals surface area contributed by atoms with Gasteiger partial charge >= 0.3 is 0 Å². The van der Waals surface area contributed by atoms with Crippen LogP contribution in [0, 0.1) is 5.92 Å². The number of aryl methyl sites for hydroxylation is 1. The van der Waals surface area contributed by atoms with Crippen LogP contribution in [0.2, 0.25) is 0 Å². The molecule has 1 aliphatic rings. The average Bonchev–Trinajstić information content (AvgIpc) is 2.94. The minimum Gasteiger partial charge on any atom is -0.338 e. The summed E-state index contributed by atoms with van der Waals surface area (Å²) in [6.45, 7) is 6.97. The predicted octanol–water partition coefficient (Wildman–Crippen LogP) is 4.00. The molecular weight excluding hydrogens is 384 g/mol. The van der Waals surface area contributed by atoms with Crippen LogP contribution in [-0.4, -0.2) is 37.1 Å². The molecule has 0 unspecified atom stereocenters. The maximum atomic E-state index is 13.2. The number of amides is 1. The molecule has 2 aromatic rings. The number of benzene rings is 2. The molecule has 1 aliphatic heterocycles. The Hall–Kier alpha value is -2.18. The van der Waals surface area contributed by atoms with Gasteiger partial charge in [-0.2, -0.15) is 4.31 Å². The summed E-state index contributed by atoms with van der Waals surface area (Å²) in [6.07, 6.45) is 1.61. The van der Waals surface area contributed by atoms with Crippen molar-refractivity contribution in [2.45, 2.75) is 51.1 Å². The van der Waals surface area contributed by atoms with Crippen LogP contribution in [0.5, 0.6) is 0 Å². The molecule has 6 heteroatoms. The van der Waals surface area contributed by atoms with Crippen LogP contribution >= 0.6 is 0 Å². The molecule has 29 heavy (non-hydrogen) atoms. The van der Waals surface area contributed by atoms with Crippen LogP contribution in [0.25, 0.3) is 0 Å². The van der Waals surface area contributed by atoms with Gasteiger partial charge in [0.1, 0.15) is 0 Å². The maximum Gasteiger partial charge on any atom is 0.243 e. The van der Waals surface area contributed by atoms with Crippen LogP contribution in [0.1, 0.15) is 49.9 Å². The fourth-order valence-electron chi connectivity index (χ4n) is 3.76. The van der Waals surface area contributed by atoms with Crippen LogP contribution in [0.15, 0.2) is 53.4 Å². The molecule has 0 fully saturated rings. The smallest absolute Gasteiger partial charge is 0.243 e. The number of carbonyl (C=O) groups is 1. The van der Waals surface area contributed by atoms with E-state index < -0.39 is 10.0 Å². The van der Waals surface area contributed by atoms with Gasteiger partial charge < -0.3 is 4.90 Å². The standard InChI is InChI=1S/C23H30N2O3S/c1-17(2)23(26)25-14-8-11-20-15-22(13-12-21(20)16-25)29(27,28)24(4)18(3)19-9-6-5-7-10-19/h5-7,9-10,12-13,15,17-18H,8,11,14,16H2,1-4H3/t18-/m0/s1. The molecule has 0 saturated carbocycles. The average molecular weight is 415 g/mol. The Morgan fingerprint density at radius 2 is 1.72 bits per heavy atom. The van der Waals surface area contributed by atoms with Crippen molar-refractivity contribution in [2.24, 2.45) is 5.92 Å². The second-order valence-corrected chi connectivity index (χ2v) is 10.1. The summed E-state index contributed by atoms with van der Waals surface area (Å²) in [6, 6.07) is 14.7. The lowest BCUT2D eigenvalue weighted by molar-refractivity contribution is -0.135. The molecule has 1 heterocycles. The Morgan fingerprint density at radius 1 is 1.03 bits per heavy atom. The van der Waals surface area contributed by atoms with Crippen molar-refractivity contribution in [1.82, 2.24) is 9.21 Å². The molecule has 0 N–H and O–H groups in total. The van der Waals surface area contributed by atoms with Gasteiger partial charge in [0.15, 0.2) is 0 Å². The number of nitrogens with zero attached hydrogens (tertiary/aromatic N) is 2. The lowest BCUT2D eigenvalue weighted by atomic mass is 10.0. The molecular formula is C23H30N2O3S. The van der Waals surface area contributed by atoms with Crippen molar-refractivity contribution in [3.05, 3.63) is 65.2 Å². The van der Waals surface area contributed by atoms with Crippen LogP contribution in [0.4, 0.5) is 0 Å². The molecule has 0 saturated heterocycles. The van der Waals surface area contributed by atoms with Gasteiger partial charge in [0.2, 0.25) is 15.9 Å². The lowest BCUT2D eigenvalue weighted by Crippen LogP contribution is -2.33. The highest BCUT2D eigenvalue weighted by molar-refractivity contribution is 7.89. The highest BCUT2D eigenvalue weighted by atomic mass is 32.2. The van der Waals surface area contributed by atoms with Crippen molar-refractivity contribution in [1.29, 1.82) is 0 Å².